The molecule has 2 nitrogen and oxygen atoms in total. The number of hydrogen-bond donors (Lipinski definition) is 0. The van der Waals surface area contributed by atoms with Crippen molar-refractivity contribution in [2.45, 2.75) is 52.0 Å². The second-order valence-corrected chi connectivity index (χ2v) is 8.67. The van der Waals surface area contributed by atoms with Gasteiger partial charge in [0.25, 0.3) is 0 Å². The van der Waals surface area contributed by atoms with Crippen LogP contribution in [-0.2, 0) is 0 Å². The molecule has 1 heterocycles. The lowest BCUT2D eigenvalue weighted by Gasteiger charge is -2.47. The van der Waals surface area contributed by atoms with Crippen molar-refractivity contribution in [3.63, 3.8) is 0 Å². The fourth-order valence-corrected chi connectivity index (χ4v) is 4.27. The van der Waals surface area contributed by atoms with Crippen LogP contribution in [0.2, 0.25) is 10.0 Å². The Labute approximate surface area is 171 Å². The molecule has 0 spiro atoms. The first-order valence-corrected chi connectivity index (χ1v) is 10.1. The molecule has 0 aromatic heterocycles. The van der Waals surface area contributed by atoms with Crippen molar-refractivity contribution in [1.29, 1.82) is 0 Å². The Hall–Kier alpha value is -1.58. The van der Waals surface area contributed by atoms with Crippen molar-refractivity contribution in [3.8, 4) is 0 Å². The number of benzene rings is 2. The molecule has 0 saturated heterocycles. The lowest BCUT2D eigenvalue weighted by Crippen LogP contribution is -2.48. The summed E-state index contributed by atoms with van der Waals surface area (Å²) in [7, 11) is 0. The van der Waals surface area contributed by atoms with Crippen molar-refractivity contribution < 1.29 is 4.39 Å². The first kappa shape index (κ1) is 20.2. The molecule has 0 radical (unpaired) electrons. The SMILES string of the molecule is CCCN1c2cc(F)c(C=Nc3ccc(Cl)c(Cl)c3)cc2C(C)CC1(C)C. The van der Waals surface area contributed by atoms with Crippen LogP contribution >= 0.6 is 23.2 Å². The van der Waals surface area contributed by atoms with E-state index in [4.69, 9.17) is 23.2 Å². The highest BCUT2D eigenvalue weighted by molar-refractivity contribution is 6.42. The minimum atomic E-state index is -0.261. The topological polar surface area (TPSA) is 15.6 Å². The first-order chi connectivity index (χ1) is 12.7. The molecular formula is C22H25Cl2FN2. The van der Waals surface area contributed by atoms with E-state index >= 15 is 0 Å². The number of hydrogen-bond acceptors (Lipinski definition) is 2. The maximum absolute atomic E-state index is 14.9. The van der Waals surface area contributed by atoms with Gasteiger partial charge in [-0.2, -0.15) is 0 Å². The Balaban J connectivity index is 1.99. The van der Waals surface area contributed by atoms with Gasteiger partial charge in [0.2, 0.25) is 0 Å². The molecule has 1 aliphatic rings. The molecule has 0 saturated carbocycles. The van der Waals surface area contributed by atoms with Crippen molar-refractivity contribution in [2.75, 3.05) is 11.4 Å². The number of rotatable bonds is 4. The number of fused-ring (bicyclic) bond motifs is 1. The maximum Gasteiger partial charge on any atom is 0.134 e. The van der Waals surface area contributed by atoms with E-state index in [1.165, 1.54) is 5.56 Å². The van der Waals surface area contributed by atoms with Crippen molar-refractivity contribution >= 4 is 40.8 Å². The van der Waals surface area contributed by atoms with Gasteiger partial charge in [-0.1, -0.05) is 37.0 Å². The maximum atomic E-state index is 14.9. The van der Waals surface area contributed by atoms with E-state index in [-0.39, 0.29) is 11.4 Å². The number of halogens is 3. The minimum Gasteiger partial charge on any atom is -0.366 e. The molecular weight excluding hydrogens is 382 g/mol. The summed E-state index contributed by atoms with van der Waals surface area (Å²) >= 11 is 12.0. The van der Waals surface area contributed by atoms with Crippen molar-refractivity contribution in [3.05, 3.63) is 57.3 Å². The molecule has 144 valence electrons. The van der Waals surface area contributed by atoms with E-state index in [0.717, 1.165) is 25.1 Å². The quantitative estimate of drug-likeness (QED) is 0.483. The second kappa shape index (κ2) is 7.81. The summed E-state index contributed by atoms with van der Waals surface area (Å²) < 4.78 is 14.9. The number of anilines is 1. The molecule has 1 unspecified atom stereocenters. The number of aliphatic imine (C=N–C) groups is 1. The van der Waals surface area contributed by atoms with Gasteiger partial charge in [-0.15, -0.1) is 0 Å². The highest BCUT2D eigenvalue weighted by Gasteiger charge is 2.36. The molecule has 1 atom stereocenters. The summed E-state index contributed by atoms with van der Waals surface area (Å²) in [5.41, 5.74) is 3.33. The van der Waals surface area contributed by atoms with E-state index in [2.05, 4.69) is 37.6 Å². The molecule has 0 amide bonds. The van der Waals surface area contributed by atoms with Crippen LogP contribution in [0.5, 0.6) is 0 Å². The highest BCUT2D eigenvalue weighted by Crippen LogP contribution is 2.44. The van der Waals surface area contributed by atoms with E-state index in [0.29, 0.717) is 27.2 Å². The number of nitrogens with zero attached hydrogens (tertiary/aromatic N) is 2. The van der Waals surface area contributed by atoms with Gasteiger partial charge in [-0.3, -0.25) is 4.99 Å². The predicted molar refractivity (Wildman–Crippen MR) is 115 cm³/mol. The molecule has 0 N–H and O–H groups in total. The second-order valence-electron chi connectivity index (χ2n) is 7.86. The van der Waals surface area contributed by atoms with Crippen LogP contribution in [0.1, 0.15) is 57.6 Å². The Bertz CT molecular complexity index is 877. The highest BCUT2D eigenvalue weighted by atomic mass is 35.5. The summed E-state index contributed by atoms with van der Waals surface area (Å²) in [5, 5.41) is 0.909. The summed E-state index contributed by atoms with van der Waals surface area (Å²) in [6.45, 7) is 9.76. The van der Waals surface area contributed by atoms with Crippen molar-refractivity contribution in [2.24, 2.45) is 4.99 Å². The van der Waals surface area contributed by atoms with E-state index in [9.17, 15) is 4.39 Å². The summed E-state index contributed by atoms with van der Waals surface area (Å²) in [6, 6.07) is 8.72. The normalized spacial score (nSPS) is 18.8. The lowest BCUT2D eigenvalue weighted by molar-refractivity contribution is 0.375. The van der Waals surface area contributed by atoms with Gasteiger partial charge in [-0.25, -0.2) is 4.39 Å². The van der Waals surface area contributed by atoms with Gasteiger partial charge in [0.15, 0.2) is 0 Å². The fourth-order valence-electron chi connectivity index (χ4n) is 3.98. The Morgan fingerprint density at radius 1 is 1.22 bits per heavy atom. The Morgan fingerprint density at radius 2 is 1.96 bits per heavy atom. The van der Waals surface area contributed by atoms with Crippen LogP contribution in [0.15, 0.2) is 35.3 Å². The third-order valence-electron chi connectivity index (χ3n) is 5.21. The Kier molecular flexibility index (Phi) is 5.83. The largest absolute Gasteiger partial charge is 0.366 e. The standard InChI is InChI=1S/C22H25Cl2FN2/c1-5-8-27-21-11-20(25)15(9-17(21)14(2)12-22(27,3)4)13-26-16-6-7-18(23)19(24)10-16/h6-7,9-11,13-14H,5,8,12H2,1-4H3. The molecule has 1 aliphatic heterocycles. The van der Waals surface area contributed by atoms with Gasteiger partial charge >= 0.3 is 0 Å². The summed E-state index contributed by atoms with van der Waals surface area (Å²) in [6.07, 6.45) is 3.63. The van der Waals surface area contributed by atoms with Gasteiger partial charge in [0.1, 0.15) is 5.82 Å². The van der Waals surface area contributed by atoms with Crippen LogP contribution in [-0.4, -0.2) is 18.3 Å². The third kappa shape index (κ3) is 4.14. The van der Waals surface area contributed by atoms with Gasteiger partial charge < -0.3 is 4.90 Å². The third-order valence-corrected chi connectivity index (χ3v) is 5.95. The molecule has 0 bridgehead atoms. The zero-order chi connectivity index (χ0) is 19.8. The average Bonchev–Trinajstić information content (AvgIpc) is 2.59. The van der Waals surface area contributed by atoms with Crippen LogP contribution < -0.4 is 4.90 Å². The molecule has 27 heavy (non-hydrogen) atoms. The molecule has 5 heteroatoms. The first-order valence-electron chi connectivity index (χ1n) is 9.33. The van der Waals surface area contributed by atoms with Gasteiger partial charge in [0, 0.05) is 29.5 Å². The molecule has 2 aromatic carbocycles. The van der Waals surface area contributed by atoms with Gasteiger partial charge in [-0.05, 0) is 68.5 Å². The smallest absolute Gasteiger partial charge is 0.134 e. The molecule has 0 fully saturated rings. The van der Waals surface area contributed by atoms with Crippen LogP contribution in [0.3, 0.4) is 0 Å². The summed E-state index contributed by atoms with van der Waals surface area (Å²) in [4.78, 5) is 6.71. The van der Waals surface area contributed by atoms with Gasteiger partial charge in [0.05, 0.1) is 15.7 Å². The van der Waals surface area contributed by atoms with Crippen LogP contribution in [0.25, 0.3) is 0 Å². The van der Waals surface area contributed by atoms with Crippen LogP contribution in [0, 0.1) is 5.82 Å². The predicted octanol–water partition coefficient (Wildman–Crippen LogP) is 7.39. The van der Waals surface area contributed by atoms with Crippen molar-refractivity contribution in [1.82, 2.24) is 0 Å². The molecule has 2 aromatic rings. The molecule has 3 rings (SSSR count). The monoisotopic (exact) mass is 406 g/mol. The van der Waals surface area contributed by atoms with Crippen LogP contribution in [0.4, 0.5) is 15.8 Å². The fraction of sp³-hybridized carbons (Fsp3) is 0.409. The minimum absolute atomic E-state index is 0.0184. The van der Waals surface area contributed by atoms with E-state index in [1.807, 2.05) is 6.07 Å². The van der Waals surface area contributed by atoms with E-state index in [1.54, 1.807) is 30.5 Å². The lowest BCUT2D eigenvalue weighted by atomic mass is 9.79. The Morgan fingerprint density at radius 3 is 2.63 bits per heavy atom. The zero-order valence-electron chi connectivity index (χ0n) is 16.2. The molecule has 0 aliphatic carbocycles. The van der Waals surface area contributed by atoms with E-state index < -0.39 is 0 Å². The zero-order valence-corrected chi connectivity index (χ0v) is 17.7. The summed E-state index contributed by atoms with van der Waals surface area (Å²) in [5.74, 6) is 0.101. The average molecular weight is 407 g/mol.